The molecule has 0 fully saturated rings. The van der Waals surface area contributed by atoms with Crippen LogP contribution in [0.2, 0.25) is 0 Å². The lowest BCUT2D eigenvalue weighted by Gasteiger charge is -2.08. The average molecular weight is 427 g/mol. The summed E-state index contributed by atoms with van der Waals surface area (Å²) in [7, 11) is 1.58. The second kappa shape index (κ2) is 13.9. The molecule has 2 aromatic rings. The second-order valence-corrected chi connectivity index (χ2v) is 6.93. The standard InChI is InChI=1S/C25H30O6/c1-3-24(26)30-19-9-7-5-4-6-8-18-29-22-12-10-20(11-13-22)25(27)31-23-16-14-21(28-2)15-17-23/h3,10-17H,1,4-9,18-19H2,2H3. The van der Waals surface area contributed by atoms with Crippen LogP contribution < -0.4 is 14.2 Å². The highest BCUT2D eigenvalue weighted by molar-refractivity contribution is 5.91. The van der Waals surface area contributed by atoms with Crippen molar-refractivity contribution in [1.82, 2.24) is 0 Å². The van der Waals surface area contributed by atoms with Gasteiger partial charge in [-0.1, -0.05) is 32.3 Å². The average Bonchev–Trinajstić information content (AvgIpc) is 2.80. The van der Waals surface area contributed by atoms with Gasteiger partial charge in [-0.3, -0.25) is 0 Å². The number of carbonyl (C=O) groups is 2. The highest BCUT2D eigenvalue weighted by Gasteiger charge is 2.09. The van der Waals surface area contributed by atoms with Crippen LogP contribution in [0.3, 0.4) is 0 Å². The minimum Gasteiger partial charge on any atom is -0.497 e. The molecule has 0 saturated carbocycles. The van der Waals surface area contributed by atoms with Gasteiger partial charge in [0.25, 0.3) is 0 Å². The molecule has 166 valence electrons. The first-order valence-electron chi connectivity index (χ1n) is 10.5. The molecular weight excluding hydrogens is 396 g/mol. The van der Waals surface area contributed by atoms with E-state index in [-0.39, 0.29) is 5.97 Å². The van der Waals surface area contributed by atoms with Crippen molar-refractivity contribution in [3.8, 4) is 17.2 Å². The normalized spacial score (nSPS) is 10.2. The van der Waals surface area contributed by atoms with Gasteiger partial charge in [0.05, 0.1) is 25.9 Å². The molecule has 0 spiro atoms. The molecule has 6 nitrogen and oxygen atoms in total. The molecule has 0 N–H and O–H groups in total. The maximum absolute atomic E-state index is 12.2. The highest BCUT2D eigenvalue weighted by Crippen LogP contribution is 2.19. The summed E-state index contributed by atoms with van der Waals surface area (Å²) in [5.74, 6) is 1.11. The van der Waals surface area contributed by atoms with Crippen molar-refractivity contribution in [2.24, 2.45) is 0 Å². The molecule has 0 aliphatic rings. The summed E-state index contributed by atoms with van der Waals surface area (Å²) in [6, 6.07) is 13.8. The summed E-state index contributed by atoms with van der Waals surface area (Å²) in [5, 5.41) is 0. The van der Waals surface area contributed by atoms with Crippen LogP contribution in [0.25, 0.3) is 0 Å². The van der Waals surface area contributed by atoms with E-state index in [1.165, 1.54) is 6.08 Å². The molecular formula is C25H30O6. The van der Waals surface area contributed by atoms with E-state index < -0.39 is 5.97 Å². The number of rotatable bonds is 14. The Kier molecular flexibility index (Phi) is 10.7. The Balaban J connectivity index is 1.58. The predicted octanol–water partition coefficient (Wildman–Crippen LogP) is 5.36. The monoisotopic (exact) mass is 426 g/mol. The topological polar surface area (TPSA) is 71.1 Å². The van der Waals surface area contributed by atoms with Crippen molar-refractivity contribution in [2.75, 3.05) is 20.3 Å². The molecule has 0 heterocycles. The fourth-order valence-corrected chi connectivity index (χ4v) is 2.83. The SMILES string of the molecule is C=CC(=O)OCCCCCCCCOc1ccc(C(=O)Oc2ccc(OC)cc2)cc1. The van der Waals surface area contributed by atoms with Crippen LogP contribution in [0.4, 0.5) is 0 Å². The fourth-order valence-electron chi connectivity index (χ4n) is 2.83. The molecule has 0 saturated heterocycles. The molecule has 0 unspecified atom stereocenters. The Bertz CT molecular complexity index is 811. The Morgan fingerprint density at radius 1 is 0.774 bits per heavy atom. The van der Waals surface area contributed by atoms with Gasteiger partial charge in [0.2, 0.25) is 0 Å². The molecule has 6 heteroatoms. The summed E-state index contributed by atoms with van der Waals surface area (Å²) in [6.07, 6.45) is 7.38. The fraction of sp³-hybridized carbons (Fsp3) is 0.360. The minimum atomic E-state index is -0.420. The number of carbonyl (C=O) groups excluding carboxylic acids is 2. The third-order valence-corrected chi connectivity index (χ3v) is 4.58. The first-order valence-corrected chi connectivity index (χ1v) is 10.5. The molecule has 2 aromatic carbocycles. The number of methoxy groups -OCH3 is 1. The van der Waals surface area contributed by atoms with Crippen LogP contribution in [0.1, 0.15) is 48.9 Å². The predicted molar refractivity (Wildman–Crippen MR) is 119 cm³/mol. The van der Waals surface area contributed by atoms with Crippen LogP contribution in [0.5, 0.6) is 17.2 Å². The lowest BCUT2D eigenvalue weighted by molar-refractivity contribution is -0.137. The molecule has 0 amide bonds. The smallest absolute Gasteiger partial charge is 0.343 e. The number of ether oxygens (including phenoxy) is 4. The number of hydrogen-bond donors (Lipinski definition) is 0. The van der Waals surface area contributed by atoms with Crippen LogP contribution >= 0.6 is 0 Å². The van der Waals surface area contributed by atoms with Gasteiger partial charge >= 0.3 is 11.9 Å². The third kappa shape index (κ3) is 9.38. The van der Waals surface area contributed by atoms with E-state index in [4.69, 9.17) is 18.9 Å². The number of benzene rings is 2. The van der Waals surface area contributed by atoms with Crippen molar-refractivity contribution in [1.29, 1.82) is 0 Å². The quantitative estimate of drug-likeness (QED) is 0.175. The lowest BCUT2D eigenvalue weighted by Crippen LogP contribution is -2.08. The maximum atomic E-state index is 12.2. The van der Waals surface area contributed by atoms with Gasteiger partial charge in [0, 0.05) is 6.08 Å². The van der Waals surface area contributed by atoms with Gasteiger partial charge < -0.3 is 18.9 Å². The van der Waals surface area contributed by atoms with Gasteiger partial charge in [0.15, 0.2) is 0 Å². The summed E-state index contributed by atoms with van der Waals surface area (Å²) >= 11 is 0. The van der Waals surface area contributed by atoms with Crippen molar-refractivity contribution in [2.45, 2.75) is 38.5 Å². The maximum Gasteiger partial charge on any atom is 0.343 e. The molecule has 0 bridgehead atoms. The summed E-state index contributed by atoms with van der Waals surface area (Å²) in [5.41, 5.74) is 0.460. The highest BCUT2D eigenvalue weighted by atomic mass is 16.5. The molecule has 0 aliphatic heterocycles. The van der Waals surface area contributed by atoms with E-state index in [0.29, 0.717) is 30.3 Å². The van der Waals surface area contributed by atoms with E-state index >= 15 is 0 Å². The number of unbranched alkanes of at least 4 members (excludes halogenated alkanes) is 5. The first-order chi connectivity index (χ1) is 15.1. The summed E-state index contributed by atoms with van der Waals surface area (Å²) in [6.45, 7) is 4.45. The van der Waals surface area contributed by atoms with Crippen molar-refractivity contribution in [3.63, 3.8) is 0 Å². The molecule has 0 atom stereocenters. The Labute approximate surface area is 183 Å². The van der Waals surface area contributed by atoms with Gasteiger partial charge in [-0.25, -0.2) is 9.59 Å². The number of esters is 2. The Morgan fingerprint density at radius 3 is 1.94 bits per heavy atom. The van der Waals surface area contributed by atoms with Crippen LogP contribution in [0, 0.1) is 0 Å². The van der Waals surface area contributed by atoms with Crippen molar-refractivity contribution < 1.29 is 28.5 Å². The van der Waals surface area contributed by atoms with Gasteiger partial charge in [-0.2, -0.15) is 0 Å². The van der Waals surface area contributed by atoms with E-state index in [1.807, 2.05) is 0 Å². The Hall–Kier alpha value is -3.28. The molecule has 31 heavy (non-hydrogen) atoms. The van der Waals surface area contributed by atoms with E-state index in [9.17, 15) is 9.59 Å². The van der Waals surface area contributed by atoms with E-state index in [1.54, 1.807) is 55.6 Å². The summed E-state index contributed by atoms with van der Waals surface area (Å²) in [4.78, 5) is 23.1. The zero-order valence-corrected chi connectivity index (χ0v) is 18.0. The van der Waals surface area contributed by atoms with E-state index in [0.717, 1.165) is 44.3 Å². The Morgan fingerprint density at radius 2 is 1.32 bits per heavy atom. The zero-order valence-electron chi connectivity index (χ0n) is 18.0. The molecule has 2 rings (SSSR count). The minimum absolute atomic E-state index is 0.362. The largest absolute Gasteiger partial charge is 0.497 e. The number of hydrogen-bond acceptors (Lipinski definition) is 6. The van der Waals surface area contributed by atoms with Gasteiger partial charge in [-0.15, -0.1) is 0 Å². The lowest BCUT2D eigenvalue weighted by atomic mass is 10.1. The molecule has 0 aliphatic carbocycles. The van der Waals surface area contributed by atoms with Crippen molar-refractivity contribution >= 4 is 11.9 Å². The molecule has 0 radical (unpaired) electrons. The first kappa shape index (κ1) is 24.0. The van der Waals surface area contributed by atoms with Crippen LogP contribution in [-0.4, -0.2) is 32.3 Å². The van der Waals surface area contributed by atoms with Crippen molar-refractivity contribution in [3.05, 3.63) is 66.7 Å². The second-order valence-electron chi connectivity index (χ2n) is 6.93. The van der Waals surface area contributed by atoms with E-state index in [2.05, 4.69) is 6.58 Å². The summed E-state index contributed by atoms with van der Waals surface area (Å²) < 4.78 is 21.1. The van der Waals surface area contributed by atoms with Crippen LogP contribution in [-0.2, 0) is 9.53 Å². The van der Waals surface area contributed by atoms with Crippen LogP contribution in [0.15, 0.2) is 61.2 Å². The zero-order chi connectivity index (χ0) is 22.3. The van der Waals surface area contributed by atoms with Gasteiger partial charge in [0.1, 0.15) is 17.2 Å². The van der Waals surface area contributed by atoms with Gasteiger partial charge in [-0.05, 0) is 61.4 Å². The molecule has 0 aromatic heterocycles. The third-order valence-electron chi connectivity index (χ3n) is 4.58.